The quantitative estimate of drug-likeness (QED) is 0.168. The van der Waals surface area contributed by atoms with Crippen molar-refractivity contribution in [1.29, 1.82) is 0 Å². The van der Waals surface area contributed by atoms with Crippen LogP contribution in [0.4, 0.5) is 18.9 Å². The van der Waals surface area contributed by atoms with Gasteiger partial charge in [0, 0.05) is 23.5 Å². The molecule has 0 bridgehead atoms. The molecule has 0 fully saturated rings. The summed E-state index contributed by atoms with van der Waals surface area (Å²) in [6.07, 6.45) is -4.66. The summed E-state index contributed by atoms with van der Waals surface area (Å²) < 4.78 is 70.9. The predicted octanol–water partition coefficient (Wildman–Crippen LogP) is 7.14. The Bertz CT molecular complexity index is 1800. The Kier molecular flexibility index (Phi) is 11.5. The fourth-order valence-corrected chi connectivity index (χ4v) is 6.82. The van der Waals surface area contributed by atoms with Crippen LogP contribution in [-0.4, -0.2) is 43.8 Å². The van der Waals surface area contributed by atoms with E-state index in [0.29, 0.717) is 15.9 Å². The first kappa shape index (κ1) is 35.7. The smallest absolute Gasteiger partial charge is 0.352 e. The molecule has 7 nitrogen and oxygen atoms in total. The second-order valence-corrected chi connectivity index (χ2v) is 14.2. The highest BCUT2D eigenvalue weighted by Gasteiger charge is 2.36. The molecule has 47 heavy (non-hydrogen) atoms. The molecule has 0 spiro atoms. The minimum absolute atomic E-state index is 0.0811. The van der Waals surface area contributed by atoms with Crippen LogP contribution in [0.5, 0.6) is 0 Å². The number of nitrogens with zero attached hydrogens (tertiary/aromatic N) is 2. The molecule has 0 aliphatic carbocycles. The van der Waals surface area contributed by atoms with Crippen molar-refractivity contribution in [3.63, 3.8) is 0 Å². The van der Waals surface area contributed by atoms with Crippen molar-refractivity contribution < 1.29 is 31.2 Å². The molecule has 0 aliphatic heterocycles. The average Bonchev–Trinajstić information content (AvgIpc) is 3.01. The number of alkyl halides is 3. The van der Waals surface area contributed by atoms with Crippen LogP contribution in [0.3, 0.4) is 0 Å². The molecule has 12 heteroatoms. The molecular formula is C35H35BrF3N3O4S. The molecule has 0 unspecified atom stereocenters. The number of hydrogen-bond donors (Lipinski definition) is 1. The topological polar surface area (TPSA) is 86.8 Å². The number of benzene rings is 4. The van der Waals surface area contributed by atoms with Crippen molar-refractivity contribution >= 4 is 43.5 Å². The van der Waals surface area contributed by atoms with Gasteiger partial charge in [0.05, 0.1) is 16.1 Å². The molecule has 4 aromatic carbocycles. The predicted molar refractivity (Wildman–Crippen MR) is 179 cm³/mol. The van der Waals surface area contributed by atoms with Gasteiger partial charge in [-0.2, -0.15) is 13.2 Å². The maximum atomic E-state index is 14.5. The summed E-state index contributed by atoms with van der Waals surface area (Å²) in [4.78, 5) is 29.3. The maximum absolute atomic E-state index is 14.5. The van der Waals surface area contributed by atoms with Gasteiger partial charge >= 0.3 is 6.18 Å². The van der Waals surface area contributed by atoms with Crippen LogP contribution in [0.15, 0.2) is 112 Å². The molecular weight excluding hydrogens is 695 g/mol. The zero-order valence-corrected chi connectivity index (χ0v) is 28.4. The summed E-state index contributed by atoms with van der Waals surface area (Å²) in [6.45, 7) is 4.37. The van der Waals surface area contributed by atoms with E-state index < -0.39 is 46.2 Å². The number of aryl methyl sites for hydroxylation is 1. The summed E-state index contributed by atoms with van der Waals surface area (Å²) in [7, 11) is -4.55. The van der Waals surface area contributed by atoms with Gasteiger partial charge in [0.2, 0.25) is 11.8 Å². The van der Waals surface area contributed by atoms with Gasteiger partial charge in [-0.3, -0.25) is 13.9 Å². The first-order valence-electron chi connectivity index (χ1n) is 14.8. The lowest BCUT2D eigenvalue weighted by Gasteiger charge is -2.34. The van der Waals surface area contributed by atoms with Crippen LogP contribution in [0, 0.1) is 6.92 Å². The third-order valence-corrected chi connectivity index (χ3v) is 9.57. The lowest BCUT2D eigenvalue weighted by atomic mass is 10.0. The number of amides is 2. The highest BCUT2D eigenvalue weighted by atomic mass is 79.9. The van der Waals surface area contributed by atoms with E-state index in [2.05, 4.69) is 21.2 Å². The fraction of sp³-hybridized carbons (Fsp3) is 0.257. The third kappa shape index (κ3) is 9.45. The SMILES string of the molecule is Cc1ccc(S(=O)(=O)N(CC(=O)N(Cc2cccc(Br)c2)[C@H](Cc2ccccc2)C(=O)NC(C)C)c2cccc(C(F)(F)F)c2)cc1. The monoisotopic (exact) mass is 729 g/mol. The van der Waals surface area contributed by atoms with Gasteiger partial charge in [-0.1, -0.05) is 82.2 Å². The molecule has 1 atom stereocenters. The van der Waals surface area contributed by atoms with Crippen LogP contribution in [0.1, 0.15) is 36.1 Å². The summed E-state index contributed by atoms with van der Waals surface area (Å²) in [5.41, 5.74) is 0.754. The Labute approximate surface area is 281 Å². The minimum atomic E-state index is -4.76. The number of halogens is 4. The molecule has 0 heterocycles. The van der Waals surface area contributed by atoms with E-state index in [9.17, 15) is 31.2 Å². The molecule has 4 aromatic rings. The lowest BCUT2D eigenvalue weighted by Crippen LogP contribution is -2.54. The molecule has 2 amide bonds. The van der Waals surface area contributed by atoms with E-state index in [4.69, 9.17) is 0 Å². The number of carbonyl (C=O) groups excluding carboxylic acids is 2. The van der Waals surface area contributed by atoms with E-state index in [1.165, 1.54) is 23.1 Å². The van der Waals surface area contributed by atoms with Gasteiger partial charge in [-0.25, -0.2) is 8.42 Å². The number of anilines is 1. The second kappa shape index (κ2) is 15.2. The molecule has 4 rings (SSSR count). The minimum Gasteiger partial charge on any atom is -0.352 e. The Morgan fingerprint density at radius 2 is 1.49 bits per heavy atom. The number of sulfonamides is 1. The highest BCUT2D eigenvalue weighted by molar-refractivity contribution is 9.10. The zero-order chi connectivity index (χ0) is 34.4. The molecule has 0 saturated heterocycles. The van der Waals surface area contributed by atoms with Crippen LogP contribution in [0.2, 0.25) is 0 Å². The number of carbonyl (C=O) groups is 2. The van der Waals surface area contributed by atoms with Gasteiger partial charge in [-0.05, 0) is 74.4 Å². The van der Waals surface area contributed by atoms with Crippen LogP contribution >= 0.6 is 15.9 Å². The van der Waals surface area contributed by atoms with Crippen molar-refractivity contribution in [1.82, 2.24) is 10.2 Å². The van der Waals surface area contributed by atoms with Gasteiger partial charge in [0.1, 0.15) is 12.6 Å². The molecule has 0 saturated carbocycles. The molecule has 248 valence electrons. The van der Waals surface area contributed by atoms with Gasteiger partial charge in [-0.15, -0.1) is 0 Å². The Hall–Kier alpha value is -4.16. The van der Waals surface area contributed by atoms with Crippen molar-refractivity contribution in [2.45, 2.75) is 56.9 Å². The number of nitrogens with one attached hydrogen (secondary N) is 1. The fourth-order valence-electron chi connectivity index (χ4n) is 4.97. The normalized spacial score (nSPS) is 12.4. The summed E-state index contributed by atoms with van der Waals surface area (Å²) >= 11 is 3.43. The van der Waals surface area contributed by atoms with Crippen LogP contribution < -0.4 is 9.62 Å². The zero-order valence-electron chi connectivity index (χ0n) is 26.0. The summed E-state index contributed by atoms with van der Waals surface area (Å²) in [6, 6.07) is 24.4. The number of hydrogen-bond acceptors (Lipinski definition) is 4. The first-order chi connectivity index (χ1) is 22.1. The molecule has 1 N–H and O–H groups in total. The third-order valence-electron chi connectivity index (χ3n) is 7.29. The van der Waals surface area contributed by atoms with Crippen molar-refractivity contribution in [2.24, 2.45) is 0 Å². The van der Waals surface area contributed by atoms with Gasteiger partial charge < -0.3 is 10.2 Å². The van der Waals surface area contributed by atoms with E-state index >= 15 is 0 Å². The van der Waals surface area contributed by atoms with Crippen molar-refractivity contribution in [3.8, 4) is 0 Å². The highest BCUT2D eigenvalue weighted by Crippen LogP contribution is 2.33. The van der Waals surface area contributed by atoms with Gasteiger partial charge in [0.25, 0.3) is 10.0 Å². The Morgan fingerprint density at radius 3 is 2.11 bits per heavy atom. The van der Waals surface area contributed by atoms with E-state index in [-0.39, 0.29) is 29.6 Å². The van der Waals surface area contributed by atoms with Crippen molar-refractivity contribution in [2.75, 3.05) is 10.8 Å². The Balaban J connectivity index is 1.85. The lowest BCUT2D eigenvalue weighted by molar-refractivity contribution is -0.140. The molecule has 0 radical (unpaired) electrons. The number of rotatable bonds is 12. The first-order valence-corrected chi connectivity index (χ1v) is 17.0. The van der Waals surface area contributed by atoms with Crippen LogP contribution in [-0.2, 0) is 38.8 Å². The van der Waals surface area contributed by atoms with Crippen LogP contribution in [0.25, 0.3) is 0 Å². The Morgan fingerprint density at radius 1 is 0.851 bits per heavy atom. The standard InChI is InChI=1S/C35H35BrF3N3O4S/c1-24(2)40-34(44)32(20-26-9-5-4-6-10-26)41(22-27-11-7-13-29(36)19-27)33(43)23-42(30-14-8-12-28(21-30)35(37,38)39)47(45,46)31-17-15-25(3)16-18-31/h4-19,21,24,32H,20,22-23H2,1-3H3,(H,40,44)/t32-/m1/s1. The van der Waals surface area contributed by atoms with Gasteiger partial charge in [0.15, 0.2) is 0 Å². The average molecular weight is 731 g/mol. The summed E-state index contributed by atoms with van der Waals surface area (Å²) in [5, 5.41) is 2.87. The molecule has 0 aliphatic rings. The van der Waals surface area contributed by atoms with E-state index in [1.807, 2.05) is 18.2 Å². The van der Waals surface area contributed by atoms with E-state index in [0.717, 1.165) is 27.7 Å². The van der Waals surface area contributed by atoms with E-state index in [1.54, 1.807) is 69.3 Å². The second-order valence-electron chi connectivity index (χ2n) is 11.4. The summed E-state index contributed by atoms with van der Waals surface area (Å²) in [5.74, 6) is -1.24. The largest absolute Gasteiger partial charge is 0.416 e. The maximum Gasteiger partial charge on any atom is 0.416 e. The van der Waals surface area contributed by atoms with Crippen molar-refractivity contribution in [3.05, 3.63) is 130 Å². The molecule has 0 aromatic heterocycles.